The molecule has 1 heterocycles. The van der Waals surface area contributed by atoms with Crippen LogP contribution >= 0.6 is 23.2 Å². The number of aromatic amines is 1. The molecule has 0 aliphatic rings. The van der Waals surface area contributed by atoms with Gasteiger partial charge in [-0.2, -0.15) is 4.39 Å². The van der Waals surface area contributed by atoms with Crippen molar-refractivity contribution in [3.63, 3.8) is 0 Å². The first-order valence-corrected chi connectivity index (χ1v) is 3.32. The van der Waals surface area contributed by atoms with Crippen molar-refractivity contribution in [2.45, 2.75) is 0 Å². The number of nitrogen functional groups attached to an aromatic ring is 1. The Labute approximate surface area is 120 Å². The average Bonchev–Trinajstić information content (AvgIpc) is 1.97. The van der Waals surface area contributed by atoms with Gasteiger partial charge in [-0.3, -0.25) is 9.78 Å². The Balaban J connectivity index is 0.00000121. The molecule has 0 spiro atoms. The standard InChI is InChI=1S/C5H3Cl2FN2O.K/c6-1-3(9)2(7)5(11)10-4(1)8;/h(H3,9,10,11);. The van der Waals surface area contributed by atoms with E-state index in [9.17, 15) is 9.18 Å². The molecule has 0 saturated heterocycles. The van der Waals surface area contributed by atoms with Crippen LogP contribution < -0.4 is 11.3 Å². The molecule has 1 radical (unpaired) electrons. The largest absolute Gasteiger partial charge is 0.396 e. The first-order valence-electron chi connectivity index (χ1n) is 2.56. The molecule has 0 saturated carbocycles. The molecule has 0 amide bonds. The zero-order chi connectivity index (χ0) is 8.59. The van der Waals surface area contributed by atoms with E-state index >= 15 is 0 Å². The molecule has 1 rings (SSSR count). The first kappa shape index (κ1) is 12.9. The first-order chi connectivity index (χ1) is 5.04. The van der Waals surface area contributed by atoms with Gasteiger partial charge >= 0.3 is 0 Å². The van der Waals surface area contributed by atoms with E-state index in [1.54, 1.807) is 4.98 Å². The number of aromatic nitrogens is 1. The quantitative estimate of drug-likeness (QED) is 0.522. The monoisotopic (exact) mass is 235 g/mol. The molecule has 7 heteroatoms. The number of hydrogen-bond acceptors (Lipinski definition) is 2. The summed E-state index contributed by atoms with van der Waals surface area (Å²) in [7, 11) is 0. The summed E-state index contributed by atoms with van der Waals surface area (Å²) in [5.41, 5.74) is 4.13. The van der Waals surface area contributed by atoms with Gasteiger partial charge in [-0.1, -0.05) is 23.2 Å². The molecular formula is C5H3Cl2FKN2O. The smallest absolute Gasteiger partial charge is 0.271 e. The zero-order valence-corrected chi connectivity index (χ0v) is 10.8. The molecule has 1 aromatic rings. The Morgan fingerprint density at radius 1 is 1.33 bits per heavy atom. The normalized spacial score (nSPS) is 9.25. The summed E-state index contributed by atoms with van der Waals surface area (Å²) >= 11 is 10.6. The maximum absolute atomic E-state index is 12.5. The number of anilines is 1. The van der Waals surface area contributed by atoms with Crippen molar-refractivity contribution < 1.29 is 4.39 Å². The molecule has 3 nitrogen and oxygen atoms in total. The van der Waals surface area contributed by atoms with Gasteiger partial charge in [0.25, 0.3) is 5.56 Å². The van der Waals surface area contributed by atoms with Crippen molar-refractivity contribution in [3.8, 4) is 0 Å². The van der Waals surface area contributed by atoms with Crippen LogP contribution in [0, 0.1) is 5.95 Å². The van der Waals surface area contributed by atoms with E-state index in [2.05, 4.69) is 0 Å². The third kappa shape index (κ3) is 2.44. The van der Waals surface area contributed by atoms with E-state index in [0.29, 0.717) is 0 Å². The number of nitrogens with one attached hydrogen (secondary N) is 1. The number of nitrogens with two attached hydrogens (primary N) is 1. The van der Waals surface area contributed by atoms with Crippen LogP contribution in [-0.4, -0.2) is 56.4 Å². The average molecular weight is 236 g/mol. The number of hydrogen-bond donors (Lipinski definition) is 2. The van der Waals surface area contributed by atoms with Crippen molar-refractivity contribution in [2.24, 2.45) is 0 Å². The van der Waals surface area contributed by atoms with Gasteiger partial charge in [-0.05, 0) is 0 Å². The van der Waals surface area contributed by atoms with E-state index in [0.717, 1.165) is 0 Å². The third-order valence-electron chi connectivity index (χ3n) is 1.09. The van der Waals surface area contributed by atoms with Gasteiger partial charge in [-0.25, -0.2) is 0 Å². The van der Waals surface area contributed by atoms with Crippen molar-refractivity contribution in [2.75, 3.05) is 5.73 Å². The zero-order valence-electron chi connectivity index (χ0n) is 6.12. The molecule has 0 aromatic carbocycles. The van der Waals surface area contributed by atoms with Crippen molar-refractivity contribution in [1.82, 2.24) is 4.98 Å². The minimum Gasteiger partial charge on any atom is -0.396 e. The van der Waals surface area contributed by atoms with Gasteiger partial charge < -0.3 is 5.73 Å². The van der Waals surface area contributed by atoms with Crippen molar-refractivity contribution in [1.29, 1.82) is 0 Å². The van der Waals surface area contributed by atoms with Crippen LogP contribution in [0.3, 0.4) is 0 Å². The molecule has 1 aromatic heterocycles. The maximum atomic E-state index is 12.5. The molecule has 0 aliphatic carbocycles. The van der Waals surface area contributed by atoms with E-state index in [-0.39, 0.29) is 67.1 Å². The molecule has 61 valence electrons. The minimum absolute atomic E-state index is 0. The second-order valence-corrected chi connectivity index (χ2v) is 2.57. The van der Waals surface area contributed by atoms with Gasteiger partial charge in [0.15, 0.2) is 0 Å². The van der Waals surface area contributed by atoms with E-state index in [1.165, 1.54) is 0 Å². The van der Waals surface area contributed by atoms with E-state index in [1.807, 2.05) is 0 Å². The predicted molar refractivity (Wildman–Crippen MR) is 47.2 cm³/mol. The summed E-state index contributed by atoms with van der Waals surface area (Å²) in [6, 6.07) is 0. The number of H-pyrrole nitrogens is 1. The Hall–Kier alpha value is 0.896. The summed E-state index contributed by atoms with van der Waals surface area (Å²) in [6.45, 7) is 0. The molecule has 0 atom stereocenters. The SMILES string of the molecule is Nc1c(Cl)c(F)[nH]c(=O)c1Cl.[K]. The fourth-order valence-corrected chi connectivity index (χ4v) is 0.878. The van der Waals surface area contributed by atoms with Crippen molar-refractivity contribution >= 4 is 80.3 Å². The van der Waals surface area contributed by atoms with Gasteiger partial charge in [-0.15, -0.1) is 0 Å². The van der Waals surface area contributed by atoms with E-state index < -0.39 is 11.5 Å². The molecule has 0 unspecified atom stereocenters. The van der Waals surface area contributed by atoms with E-state index in [4.69, 9.17) is 28.9 Å². The number of halogens is 3. The van der Waals surface area contributed by atoms with Gasteiger partial charge in [0.1, 0.15) is 10.0 Å². The number of pyridine rings is 1. The van der Waals surface area contributed by atoms with Gasteiger partial charge in [0.2, 0.25) is 5.95 Å². The fraction of sp³-hybridized carbons (Fsp3) is 0. The maximum Gasteiger partial charge on any atom is 0.271 e. The van der Waals surface area contributed by atoms with Crippen molar-refractivity contribution in [3.05, 3.63) is 26.3 Å². The van der Waals surface area contributed by atoms with Crippen LogP contribution in [0.5, 0.6) is 0 Å². The Morgan fingerprint density at radius 3 is 2.33 bits per heavy atom. The van der Waals surface area contributed by atoms with Crippen LogP contribution in [0.1, 0.15) is 0 Å². The van der Waals surface area contributed by atoms with Crippen LogP contribution in [0.4, 0.5) is 10.1 Å². The molecular weight excluding hydrogens is 233 g/mol. The second-order valence-electron chi connectivity index (χ2n) is 1.81. The van der Waals surface area contributed by atoms with Crippen LogP contribution in [0.2, 0.25) is 10.0 Å². The second kappa shape index (κ2) is 4.95. The number of rotatable bonds is 0. The van der Waals surface area contributed by atoms with Crippen LogP contribution in [0.25, 0.3) is 0 Å². The molecule has 12 heavy (non-hydrogen) atoms. The topological polar surface area (TPSA) is 58.9 Å². The Bertz CT molecular complexity index is 354. The third-order valence-corrected chi connectivity index (χ3v) is 1.83. The van der Waals surface area contributed by atoms with Crippen LogP contribution in [-0.2, 0) is 0 Å². The minimum atomic E-state index is -0.974. The summed E-state index contributed by atoms with van der Waals surface area (Å²) < 4.78 is 12.5. The Kier molecular flexibility index (Phi) is 5.32. The van der Waals surface area contributed by atoms with Gasteiger partial charge in [0, 0.05) is 51.4 Å². The summed E-state index contributed by atoms with van der Waals surface area (Å²) in [6.07, 6.45) is 0. The summed E-state index contributed by atoms with van der Waals surface area (Å²) in [5, 5.41) is -0.661. The predicted octanol–water partition coefficient (Wildman–Crippen LogP) is 1.02. The summed E-state index contributed by atoms with van der Waals surface area (Å²) in [5.74, 6) is -0.974. The fourth-order valence-electron chi connectivity index (χ4n) is 0.546. The Morgan fingerprint density at radius 2 is 1.83 bits per heavy atom. The van der Waals surface area contributed by atoms with Gasteiger partial charge in [0.05, 0.1) is 5.69 Å². The molecule has 0 aliphatic heterocycles. The molecule has 3 N–H and O–H groups in total. The van der Waals surface area contributed by atoms with Crippen LogP contribution in [0.15, 0.2) is 4.79 Å². The molecule has 0 fully saturated rings. The molecule has 0 bridgehead atoms. The summed E-state index contributed by atoms with van der Waals surface area (Å²) in [4.78, 5) is 12.4.